The van der Waals surface area contributed by atoms with E-state index in [4.69, 9.17) is 25.1 Å². The second-order valence-corrected chi connectivity index (χ2v) is 6.65. The van der Waals surface area contributed by atoms with E-state index in [-0.39, 0.29) is 13.2 Å². The van der Waals surface area contributed by atoms with Crippen molar-refractivity contribution in [1.82, 2.24) is 5.32 Å². The van der Waals surface area contributed by atoms with Gasteiger partial charge >= 0.3 is 12.1 Å². The van der Waals surface area contributed by atoms with E-state index in [1.165, 1.54) is 0 Å². The highest BCUT2D eigenvalue weighted by molar-refractivity contribution is 5.72. The van der Waals surface area contributed by atoms with Crippen LogP contribution >= 0.6 is 0 Å². The number of aliphatic hydroxyl groups excluding tert-OH is 1. The molecular formula is C18H28N2O6. The van der Waals surface area contributed by atoms with Crippen LogP contribution in [0.2, 0.25) is 0 Å². The highest BCUT2D eigenvalue weighted by Crippen LogP contribution is 2.12. The molecule has 4 N–H and O–H groups in total. The summed E-state index contributed by atoms with van der Waals surface area (Å²) in [6, 6.07) is 6.66. The van der Waals surface area contributed by atoms with Gasteiger partial charge in [-0.05, 0) is 51.4 Å². The van der Waals surface area contributed by atoms with Crippen molar-refractivity contribution in [2.75, 3.05) is 13.2 Å². The first-order valence-corrected chi connectivity index (χ1v) is 8.45. The van der Waals surface area contributed by atoms with E-state index in [9.17, 15) is 9.59 Å². The van der Waals surface area contributed by atoms with E-state index in [0.717, 1.165) is 5.56 Å². The van der Waals surface area contributed by atoms with Gasteiger partial charge in [0.2, 0.25) is 0 Å². The molecule has 1 amide bonds. The summed E-state index contributed by atoms with van der Waals surface area (Å²) in [5, 5.41) is 11.5. The first-order chi connectivity index (χ1) is 12.2. The van der Waals surface area contributed by atoms with Gasteiger partial charge in [0.25, 0.3) is 0 Å². The molecule has 0 spiro atoms. The Kier molecular flexibility index (Phi) is 8.87. The molecule has 8 nitrogen and oxygen atoms in total. The number of nitrogens with one attached hydrogen (secondary N) is 1. The molecule has 0 radical (unpaired) electrons. The zero-order chi connectivity index (χ0) is 19.6. The predicted octanol–water partition coefficient (Wildman–Crippen LogP) is 1.69. The molecule has 0 saturated heterocycles. The molecule has 8 heteroatoms. The van der Waals surface area contributed by atoms with E-state index in [1.54, 1.807) is 45.0 Å². The van der Waals surface area contributed by atoms with Crippen molar-refractivity contribution in [2.24, 2.45) is 5.73 Å². The number of ether oxygens (including phenoxy) is 3. The number of rotatable bonds is 9. The summed E-state index contributed by atoms with van der Waals surface area (Å²) in [5.41, 5.74) is 5.55. The Bertz CT molecular complexity index is 568. The highest BCUT2D eigenvalue weighted by atomic mass is 16.6. The maximum atomic E-state index is 12.0. The fourth-order valence-electron chi connectivity index (χ4n) is 1.93. The second-order valence-electron chi connectivity index (χ2n) is 6.65. The van der Waals surface area contributed by atoms with E-state index < -0.39 is 23.9 Å². The lowest BCUT2D eigenvalue weighted by Gasteiger charge is -2.23. The minimum Gasteiger partial charge on any atom is -0.482 e. The number of alkyl carbamates (subject to hydrolysis) is 1. The Morgan fingerprint density at radius 1 is 1.23 bits per heavy atom. The van der Waals surface area contributed by atoms with Crippen molar-refractivity contribution in [3.63, 3.8) is 0 Å². The molecular weight excluding hydrogens is 340 g/mol. The van der Waals surface area contributed by atoms with Gasteiger partial charge in [0.1, 0.15) is 11.4 Å². The SMILES string of the molecule is CC(C)(C)OC(=O)NC(CCCN)OC(=O)COc1ccc(CO)cc1. The lowest BCUT2D eigenvalue weighted by Crippen LogP contribution is -2.42. The number of carbonyl (C=O) groups is 2. The van der Waals surface area contributed by atoms with E-state index in [1.807, 2.05) is 0 Å². The van der Waals surface area contributed by atoms with Crippen molar-refractivity contribution < 1.29 is 28.9 Å². The largest absolute Gasteiger partial charge is 0.482 e. The van der Waals surface area contributed by atoms with Crippen molar-refractivity contribution in [2.45, 2.75) is 52.0 Å². The minimum atomic E-state index is -0.846. The van der Waals surface area contributed by atoms with Crippen LogP contribution in [0.25, 0.3) is 0 Å². The Hall–Kier alpha value is -2.32. The van der Waals surface area contributed by atoms with Gasteiger partial charge < -0.3 is 25.1 Å². The number of nitrogens with two attached hydrogens (primary N) is 1. The standard InChI is InChI=1S/C18H28N2O6/c1-18(2,3)26-17(23)20-15(5-4-10-19)25-16(22)12-24-14-8-6-13(11-21)7-9-14/h6-9,15,21H,4-5,10-12,19H2,1-3H3,(H,20,23). The third-order valence-electron chi connectivity index (χ3n) is 3.08. The third kappa shape index (κ3) is 9.24. The Morgan fingerprint density at radius 2 is 1.88 bits per heavy atom. The van der Waals surface area contributed by atoms with E-state index >= 15 is 0 Å². The molecule has 1 atom stereocenters. The number of carbonyl (C=O) groups excluding carboxylic acids is 2. The molecule has 0 aliphatic heterocycles. The van der Waals surface area contributed by atoms with Crippen LogP contribution in [0.15, 0.2) is 24.3 Å². The number of esters is 1. The maximum absolute atomic E-state index is 12.0. The molecule has 1 rings (SSSR count). The summed E-state index contributed by atoms with van der Waals surface area (Å²) in [6.07, 6.45) is -0.585. The van der Waals surface area contributed by atoms with Crippen LogP contribution in [0.5, 0.6) is 5.75 Å². The smallest absolute Gasteiger partial charge is 0.410 e. The molecule has 0 aliphatic rings. The van der Waals surface area contributed by atoms with Gasteiger partial charge in [0, 0.05) is 6.42 Å². The molecule has 1 unspecified atom stereocenters. The Morgan fingerprint density at radius 3 is 2.42 bits per heavy atom. The molecule has 1 aromatic carbocycles. The molecule has 146 valence electrons. The molecule has 0 heterocycles. The van der Waals surface area contributed by atoms with E-state index in [0.29, 0.717) is 25.1 Å². The van der Waals surface area contributed by atoms with Crippen molar-refractivity contribution in [1.29, 1.82) is 0 Å². The summed E-state index contributed by atoms with van der Waals surface area (Å²) in [4.78, 5) is 23.8. The summed E-state index contributed by atoms with van der Waals surface area (Å²) in [7, 11) is 0. The summed E-state index contributed by atoms with van der Waals surface area (Å²) in [6.45, 7) is 5.24. The average Bonchev–Trinajstić information content (AvgIpc) is 2.56. The molecule has 0 fully saturated rings. The van der Waals surface area contributed by atoms with Gasteiger partial charge in [-0.2, -0.15) is 0 Å². The quantitative estimate of drug-likeness (QED) is 0.448. The van der Waals surface area contributed by atoms with Gasteiger partial charge in [-0.1, -0.05) is 12.1 Å². The minimum absolute atomic E-state index is 0.0680. The summed E-state index contributed by atoms with van der Waals surface area (Å²) < 4.78 is 15.7. The number of aliphatic hydroxyl groups is 1. The molecule has 26 heavy (non-hydrogen) atoms. The van der Waals surface area contributed by atoms with Crippen LogP contribution in [-0.2, 0) is 20.9 Å². The fraction of sp³-hybridized carbons (Fsp3) is 0.556. The zero-order valence-corrected chi connectivity index (χ0v) is 15.5. The lowest BCUT2D eigenvalue weighted by molar-refractivity contribution is -0.153. The third-order valence-corrected chi connectivity index (χ3v) is 3.08. The maximum Gasteiger partial charge on any atom is 0.410 e. The van der Waals surface area contributed by atoms with Gasteiger partial charge in [-0.15, -0.1) is 0 Å². The molecule has 0 saturated carbocycles. The van der Waals surface area contributed by atoms with Gasteiger partial charge in [-0.25, -0.2) is 9.59 Å². The summed E-state index contributed by atoms with van der Waals surface area (Å²) >= 11 is 0. The molecule has 1 aromatic rings. The Balaban J connectivity index is 2.51. The van der Waals surface area contributed by atoms with Crippen LogP contribution in [0.1, 0.15) is 39.2 Å². The molecule has 0 aromatic heterocycles. The van der Waals surface area contributed by atoms with Gasteiger partial charge in [0.05, 0.1) is 6.61 Å². The molecule has 0 aliphatic carbocycles. The number of hydrogen-bond donors (Lipinski definition) is 3. The predicted molar refractivity (Wildman–Crippen MR) is 95.4 cm³/mol. The van der Waals surface area contributed by atoms with Crippen LogP contribution < -0.4 is 15.8 Å². The number of benzene rings is 1. The van der Waals surface area contributed by atoms with Crippen LogP contribution in [-0.4, -0.2) is 42.1 Å². The molecule has 0 bridgehead atoms. The zero-order valence-electron chi connectivity index (χ0n) is 15.5. The number of hydrogen-bond acceptors (Lipinski definition) is 7. The number of amides is 1. The monoisotopic (exact) mass is 368 g/mol. The summed E-state index contributed by atoms with van der Waals surface area (Å²) in [5.74, 6) is -0.160. The van der Waals surface area contributed by atoms with Gasteiger partial charge in [-0.3, -0.25) is 5.32 Å². The topological polar surface area (TPSA) is 120 Å². The second kappa shape index (κ2) is 10.6. The highest BCUT2D eigenvalue weighted by Gasteiger charge is 2.21. The van der Waals surface area contributed by atoms with Crippen LogP contribution in [0.3, 0.4) is 0 Å². The Labute approximate surface area is 153 Å². The van der Waals surface area contributed by atoms with E-state index in [2.05, 4.69) is 5.32 Å². The first-order valence-electron chi connectivity index (χ1n) is 8.45. The first kappa shape index (κ1) is 21.7. The van der Waals surface area contributed by atoms with Crippen molar-refractivity contribution in [3.05, 3.63) is 29.8 Å². The van der Waals surface area contributed by atoms with Gasteiger partial charge in [0.15, 0.2) is 12.8 Å². The average molecular weight is 368 g/mol. The fourth-order valence-corrected chi connectivity index (χ4v) is 1.93. The van der Waals surface area contributed by atoms with Crippen LogP contribution in [0, 0.1) is 0 Å². The van der Waals surface area contributed by atoms with Crippen LogP contribution in [0.4, 0.5) is 4.79 Å². The van der Waals surface area contributed by atoms with Crippen molar-refractivity contribution in [3.8, 4) is 5.75 Å². The lowest BCUT2D eigenvalue weighted by atomic mass is 10.2. The van der Waals surface area contributed by atoms with Crippen molar-refractivity contribution >= 4 is 12.1 Å². The normalized spacial score (nSPS) is 12.2.